The zero-order valence-corrected chi connectivity index (χ0v) is 11.3. The quantitative estimate of drug-likeness (QED) is 0.839. The van der Waals surface area contributed by atoms with E-state index in [9.17, 15) is 4.39 Å². The topological polar surface area (TPSA) is 28.7 Å². The number of rotatable bonds is 3. The Bertz CT molecular complexity index is 619. The van der Waals surface area contributed by atoms with Crippen LogP contribution in [0, 0.1) is 17.4 Å². The molecule has 94 valence electrons. The van der Waals surface area contributed by atoms with Gasteiger partial charge in [-0.3, -0.25) is 0 Å². The average molecular weight is 262 g/mol. The Labute approximate surface area is 111 Å². The number of H-pyrrole nitrogens is 1. The Balaban J connectivity index is 2.49. The predicted molar refractivity (Wildman–Crippen MR) is 73.5 cm³/mol. The lowest BCUT2D eigenvalue weighted by Gasteiger charge is -2.06. The molecule has 0 spiro atoms. The molecule has 0 radical (unpaired) electrons. The molecule has 1 aromatic carbocycles. The maximum Gasteiger partial charge on any atom is 0.139 e. The van der Waals surface area contributed by atoms with Crippen LogP contribution in [0.4, 0.5) is 4.39 Å². The smallest absolute Gasteiger partial charge is 0.139 e. The molecule has 1 N–H and O–H groups in total. The van der Waals surface area contributed by atoms with E-state index in [1.54, 1.807) is 19.1 Å². The molecule has 2 nitrogen and oxygen atoms in total. The van der Waals surface area contributed by atoms with Gasteiger partial charge in [0.2, 0.25) is 0 Å². The van der Waals surface area contributed by atoms with Crippen molar-refractivity contribution >= 4 is 12.2 Å². The van der Waals surface area contributed by atoms with Gasteiger partial charge in [0.25, 0.3) is 0 Å². The third-order valence-electron chi connectivity index (χ3n) is 2.75. The van der Waals surface area contributed by atoms with Crippen LogP contribution in [-0.4, -0.2) is 9.97 Å². The van der Waals surface area contributed by atoms with Gasteiger partial charge in [-0.1, -0.05) is 25.6 Å². The van der Waals surface area contributed by atoms with Gasteiger partial charge in [0.1, 0.15) is 16.3 Å². The second kappa shape index (κ2) is 5.40. The Hall–Kier alpha value is -1.55. The summed E-state index contributed by atoms with van der Waals surface area (Å²) in [5.41, 5.74) is 2.53. The number of halogens is 1. The molecule has 0 saturated carbocycles. The molecule has 0 aliphatic heterocycles. The number of aryl methyl sites for hydroxylation is 2. The van der Waals surface area contributed by atoms with Gasteiger partial charge >= 0.3 is 0 Å². The van der Waals surface area contributed by atoms with E-state index < -0.39 is 0 Å². The zero-order valence-electron chi connectivity index (χ0n) is 10.5. The van der Waals surface area contributed by atoms with Crippen LogP contribution in [0.25, 0.3) is 11.4 Å². The summed E-state index contributed by atoms with van der Waals surface area (Å²) in [4.78, 5) is 7.54. The summed E-state index contributed by atoms with van der Waals surface area (Å²) in [6.07, 6.45) is 1.97. The lowest BCUT2D eigenvalue weighted by molar-refractivity contribution is 0.618. The molecule has 0 unspecified atom stereocenters. The van der Waals surface area contributed by atoms with Gasteiger partial charge in [0.15, 0.2) is 0 Å². The van der Waals surface area contributed by atoms with Gasteiger partial charge in [-0.25, -0.2) is 9.37 Å². The number of nitrogens with one attached hydrogen (secondary N) is 1. The molecule has 2 aromatic rings. The molecular weight excluding hydrogens is 247 g/mol. The van der Waals surface area contributed by atoms with Crippen molar-refractivity contribution in [1.29, 1.82) is 0 Å². The number of hydrogen-bond acceptors (Lipinski definition) is 2. The number of hydrogen-bond donors (Lipinski definition) is 1. The van der Waals surface area contributed by atoms with E-state index in [1.165, 1.54) is 6.07 Å². The van der Waals surface area contributed by atoms with E-state index in [0.717, 1.165) is 24.1 Å². The van der Waals surface area contributed by atoms with E-state index in [1.807, 2.05) is 6.07 Å². The highest BCUT2D eigenvalue weighted by atomic mass is 32.1. The molecule has 0 aliphatic carbocycles. The van der Waals surface area contributed by atoms with Gasteiger partial charge in [-0.05, 0) is 43.2 Å². The number of nitrogens with zero attached hydrogens (tertiary/aromatic N) is 1. The highest BCUT2D eigenvalue weighted by Crippen LogP contribution is 2.19. The first kappa shape index (κ1) is 12.9. The van der Waals surface area contributed by atoms with Crippen molar-refractivity contribution in [3.05, 3.63) is 46.0 Å². The van der Waals surface area contributed by atoms with Gasteiger partial charge in [-0.2, -0.15) is 0 Å². The minimum Gasteiger partial charge on any atom is -0.343 e. The Morgan fingerprint density at radius 3 is 2.78 bits per heavy atom. The van der Waals surface area contributed by atoms with Crippen LogP contribution in [-0.2, 0) is 6.42 Å². The van der Waals surface area contributed by atoms with Crippen LogP contribution < -0.4 is 0 Å². The van der Waals surface area contributed by atoms with Gasteiger partial charge in [0, 0.05) is 11.3 Å². The fourth-order valence-corrected chi connectivity index (χ4v) is 2.07. The molecule has 0 fully saturated rings. The van der Waals surface area contributed by atoms with Crippen LogP contribution >= 0.6 is 12.2 Å². The molecule has 0 aliphatic rings. The summed E-state index contributed by atoms with van der Waals surface area (Å²) >= 11 is 5.15. The summed E-state index contributed by atoms with van der Waals surface area (Å²) in [5, 5.41) is 0. The summed E-state index contributed by atoms with van der Waals surface area (Å²) < 4.78 is 13.8. The summed E-state index contributed by atoms with van der Waals surface area (Å²) in [6.45, 7) is 3.85. The Morgan fingerprint density at radius 2 is 2.11 bits per heavy atom. The highest BCUT2D eigenvalue weighted by Gasteiger charge is 2.05. The van der Waals surface area contributed by atoms with E-state index >= 15 is 0 Å². The van der Waals surface area contributed by atoms with E-state index in [4.69, 9.17) is 12.2 Å². The molecule has 0 saturated heterocycles. The van der Waals surface area contributed by atoms with Crippen molar-refractivity contribution in [2.75, 3.05) is 0 Å². The van der Waals surface area contributed by atoms with Crippen LogP contribution in [0.1, 0.15) is 24.6 Å². The molecule has 18 heavy (non-hydrogen) atoms. The molecule has 0 bridgehead atoms. The van der Waals surface area contributed by atoms with Crippen LogP contribution in [0.2, 0.25) is 0 Å². The third kappa shape index (κ3) is 2.82. The predicted octanol–water partition coefficient (Wildman–Crippen LogP) is 4.21. The second-order valence-corrected chi connectivity index (χ2v) is 4.73. The normalized spacial score (nSPS) is 10.6. The van der Waals surface area contributed by atoms with E-state index in [2.05, 4.69) is 16.9 Å². The lowest BCUT2D eigenvalue weighted by atomic mass is 10.1. The van der Waals surface area contributed by atoms with Crippen molar-refractivity contribution in [2.45, 2.75) is 26.7 Å². The first-order valence-electron chi connectivity index (χ1n) is 5.97. The molecule has 4 heteroatoms. The monoisotopic (exact) mass is 262 g/mol. The largest absolute Gasteiger partial charge is 0.343 e. The number of benzene rings is 1. The van der Waals surface area contributed by atoms with Crippen molar-refractivity contribution < 1.29 is 4.39 Å². The standard InChI is InChI=1S/C14H15FN2S/c1-3-4-11-8-13(18)17-14(16-11)10-5-6-12(15)9(2)7-10/h5-8H,3-4H2,1-2H3,(H,16,17,18). The third-order valence-corrected chi connectivity index (χ3v) is 2.96. The summed E-state index contributed by atoms with van der Waals surface area (Å²) in [6, 6.07) is 6.82. The Morgan fingerprint density at radius 1 is 1.33 bits per heavy atom. The number of aromatic amines is 1. The first-order valence-corrected chi connectivity index (χ1v) is 6.37. The number of aromatic nitrogens is 2. The summed E-state index contributed by atoms with van der Waals surface area (Å²) in [5.74, 6) is 0.496. The van der Waals surface area contributed by atoms with Crippen molar-refractivity contribution in [3.63, 3.8) is 0 Å². The van der Waals surface area contributed by atoms with E-state index in [-0.39, 0.29) is 5.82 Å². The molecule has 2 rings (SSSR count). The minimum absolute atomic E-state index is 0.206. The molecule has 1 aromatic heterocycles. The Kier molecular flexibility index (Phi) is 3.87. The highest BCUT2D eigenvalue weighted by molar-refractivity contribution is 7.71. The molecule has 0 atom stereocenters. The van der Waals surface area contributed by atoms with Crippen molar-refractivity contribution in [3.8, 4) is 11.4 Å². The van der Waals surface area contributed by atoms with E-state index in [0.29, 0.717) is 16.0 Å². The SMILES string of the molecule is CCCc1cc(=S)nc(-c2ccc(F)c(C)c2)[nH]1. The van der Waals surface area contributed by atoms with Crippen molar-refractivity contribution in [1.82, 2.24) is 9.97 Å². The van der Waals surface area contributed by atoms with Crippen molar-refractivity contribution in [2.24, 2.45) is 0 Å². The summed E-state index contributed by atoms with van der Waals surface area (Å²) in [7, 11) is 0. The van der Waals surface area contributed by atoms with Crippen LogP contribution in [0.5, 0.6) is 0 Å². The molecule has 0 amide bonds. The first-order chi connectivity index (χ1) is 8.60. The minimum atomic E-state index is -0.206. The fourth-order valence-electron chi connectivity index (χ4n) is 1.84. The van der Waals surface area contributed by atoms with Crippen LogP contribution in [0.3, 0.4) is 0 Å². The fraction of sp³-hybridized carbons (Fsp3) is 0.286. The van der Waals surface area contributed by atoms with Gasteiger partial charge in [-0.15, -0.1) is 0 Å². The zero-order chi connectivity index (χ0) is 13.1. The van der Waals surface area contributed by atoms with Crippen LogP contribution in [0.15, 0.2) is 24.3 Å². The molecular formula is C14H15FN2S. The van der Waals surface area contributed by atoms with Gasteiger partial charge < -0.3 is 4.98 Å². The second-order valence-electron chi connectivity index (χ2n) is 4.31. The maximum absolute atomic E-state index is 13.2. The lowest BCUT2D eigenvalue weighted by Crippen LogP contribution is -1.96. The average Bonchev–Trinajstić information content (AvgIpc) is 2.32. The maximum atomic E-state index is 13.2. The van der Waals surface area contributed by atoms with Gasteiger partial charge in [0.05, 0.1) is 0 Å². The molecule has 1 heterocycles.